The third kappa shape index (κ3) is 2.32. The summed E-state index contributed by atoms with van der Waals surface area (Å²) in [6, 6.07) is 0.615. The Bertz CT molecular complexity index is 241. The topological polar surface area (TPSA) is 32.8 Å². The monoisotopic (exact) mass is 212 g/mol. The lowest BCUT2D eigenvalue weighted by molar-refractivity contribution is -0.149. The summed E-state index contributed by atoms with van der Waals surface area (Å²) < 4.78 is 4.88. The highest BCUT2D eigenvalue weighted by molar-refractivity contribution is 5.76. The Morgan fingerprint density at radius 2 is 2.13 bits per heavy atom. The number of piperazine rings is 1. The van der Waals surface area contributed by atoms with Gasteiger partial charge in [-0.15, -0.1) is 0 Å². The van der Waals surface area contributed by atoms with E-state index >= 15 is 0 Å². The second-order valence-corrected chi connectivity index (χ2v) is 4.40. The molecule has 1 aliphatic carbocycles. The van der Waals surface area contributed by atoms with E-state index in [9.17, 15) is 4.79 Å². The molecule has 0 aromatic rings. The van der Waals surface area contributed by atoms with Gasteiger partial charge in [-0.1, -0.05) is 6.92 Å². The average molecular weight is 212 g/mol. The van der Waals surface area contributed by atoms with Gasteiger partial charge in [0.2, 0.25) is 0 Å². The minimum absolute atomic E-state index is 0.0313. The molecule has 1 saturated carbocycles. The molecule has 0 aromatic heterocycles. The first-order chi connectivity index (χ1) is 7.26. The quantitative estimate of drug-likeness (QED) is 0.631. The molecule has 0 unspecified atom stereocenters. The molecule has 1 saturated heterocycles. The third-order valence-electron chi connectivity index (χ3n) is 3.44. The van der Waals surface area contributed by atoms with Crippen LogP contribution < -0.4 is 0 Å². The van der Waals surface area contributed by atoms with Gasteiger partial charge in [0.05, 0.1) is 7.11 Å². The summed E-state index contributed by atoms with van der Waals surface area (Å²) in [5.41, 5.74) is 0. The van der Waals surface area contributed by atoms with Crippen molar-refractivity contribution >= 4 is 5.97 Å². The van der Waals surface area contributed by atoms with Crippen molar-refractivity contribution < 1.29 is 9.53 Å². The number of carbonyl (C=O) groups is 1. The standard InChI is InChI=1S/C11H20N2O2/c1-3-12-6-7-13(9-4-5-9)10(8-12)11(14)15-2/h9-10H,3-8H2,1-2H3/t10-/m1/s1. The van der Waals surface area contributed by atoms with Crippen LogP contribution in [0.5, 0.6) is 0 Å². The van der Waals surface area contributed by atoms with Crippen LogP contribution in [0.15, 0.2) is 0 Å². The van der Waals surface area contributed by atoms with Crippen LogP contribution in [0.25, 0.3) is 0 Å². The molecule has 4 heteroatoms. The van der Waals surface area contributed by atoms with Gasteiger partial charge in [0.1, 0.15) is 6.04 Å². The summed E-state index contributed by atoms with van der Waals surface area (Å²) in [5, 5.41) is 0. The number of esters is 1. The van der Waals surface area contributed by atoms with Crippen molar-refractivity contribution in [2.75, 3.05) is 33.3 Å². The van der Waals surface area contributed by atoms with E-state index in [1.807, 2.05) is 0 Å². The fourth-order valence-corrected chi connectivity index (χ4v) is 2.33. The predicted octanol–water partition coefficient (Wildman–Crippen LogP) is 0.328. The molecule has 1 atom stereocenters. The highest BCUT2D eigenvalue weighted by Gasteiger charge is 2.40. The lowest BCUT2D eigenvalue weighted by Crippen LogP contribution is -2.57. The number of methoxy groups -OCH3 is 1. The summed E-state index contributed by atoms with van der Waals surface area (Å²) in [6.45, 7) is 6.09. The molecule has 0 N–H and O–H groups in total. The highest BCUT2D eigenvalue weighted by Crippen LogP contribution is 2.30. The minimum Gasteiger partial charge on any atom is -0.468 e. The normalized spacial score (nSPS) is 29.1. The van der Waals surface area contributed by atoms with Crippen molar-refractivity contribution in [3.05, 3.63) is 0 Å². The molecule has 0 bridgehead atoms. The Labute approximate surface area is 91.2 Å². The Morgan fingerprint density at radius 3 is 2.67 bits per heavy atom. The number of rotatable bonds is 3. The third-order valence-corrected chi connectivity index (χ3v) is 3.44. The first-order valence-electron chi connectivity index (χ1n) is 5.82. The maximum Gasteiger partial charge on any atom is 0.324 e. The van der Waals surface area contributed by atoms with E-state index in [2.05, 4.69) is 16.7 Å². The molecule has 0 amide bonds. The maximum absolute atomic E-state index is 11.7. The SMILES string of the molecule is CCN1CCN(C2CC2)[C@@H](C(=O)OC)C1. The van der Waals surface area contributed by atoms with Crippen LogP contribution in [0.2, 0.25) is 0 Å². The van der Waals surface area contributed by atoms with Crippen LogP contribution in [0.4, 0.5) is 0 Å². The van der Waals surface area contributed by atoms with E-state index in [-0.39, 0.29) is 12.0 Å². The van der Waals surface area contributed by atoms with Crippen LogP contribution in [-0.2, 0) is 9.53 Å². The number of hydrogen-bond donors (Lipinski definition) is 0. The van der Waals surface area contributed by atoms with E-state index in [0.29, 0.717) is 6.04 Å². The van der Waals surface area contributed by atoms with Gasteiger partial charge < -0.3 is 9.64 Å². The molecule has 2 fully saturated rings. The van der Waals surface area contributed by atoms with Crippen LogP contribution in [-0.4, -0.2) is 61.1 Å². The zero-order valence-electron chi connectivity index (χ0n) is 9.61. The van der Waals surface area contributed by atoms with Gasteiger partial charge in [-0.3, -0.25) is 9.69 Å². The first-order valence-corrected chi connectivity index (χ1v) is 5.82. The van der Waals surface area contributed by atoms with Crippen molar-refractivity contribution in [1.29, 1.82) is 0 Å². The van der Waals surface area contributed by atoms with Gasteiger partial charge >= 0.3 is 5.97 Å². The Balaban J connectivity index is 2.01. The summed E-state index contributed by atoms with van der Waals surface area (Å²) in [4.78, 5) is 16.3. The maximum atomic E-state index is 11.7. The zero-order chi connectivity index (χ0) is 10.8. The number of hydrogen-bond acceptors (Lipinski definition) is 4. The fourth-order valence-electron chi connectivity index (χ4n) is 2.33. The molecule has 0 aromatic carbocycles. The first kappa shape index (κ1) is 10.9. The number of likely N-dealkylation sites (N-methyl/N-ethyl adjacent to an activating group) is 1. The van der Waals surface area contributed by atoms with Crippen molar-refractivity contribution in [3.8, 4) is 0 Å². The number of ether oxygens (including phenoxy) is 1. The van der Waals surface area contributed by atoms with E-state index < -0.39 is 0 Å². The summed E-state index contributed by atoms with van der Waals surface area (Å²) in [5.74, 6) is -0.0694. The molecule has 1 aliphatic heterocycles. The molecule has 0 spiro atoms. The van der Waals surface area contributed by atoms with Gasteiger partial charge in [0.15, 0.2) is 0 Å². The molecule has 4 nitrogen and oxygen atoms in total. The number of carbonyl (C=O) groups excluding carboxylic acids is 1. The predicted molar refractivity (Wildman–Crippen MR) is 57.6 cm³/mol. The molecular formula is C11H20N2O2. The van der Waals surface area contributed by atoms with Crippen LogP contribution >= 0.6 is 0 Å². The second kappa shape index (κ2) is 4.49. The van der Waals surface area contributed by atoms with Gasteiger partial charge in [-0.05, 0) is 19.4 Å². The summed E-state index contributed by atoms with van der Waals surface area (Å²) >= 11 is 0. The molecule has 1 heterocycles. The van der Waals surface area contributed by atoms with E-state index in [0.717, 1.165) is 26.2 Å². The van der Waals surface area contributed by atoms with Gasteiger partial charge in [-0.2, -0.15) is 0 Å². The van der Waals surface area contributed by atoms with Crippen LogP contribution in [0.3, 0.4) is 0 Å². The van der Waals surface area contributed by atoms with Crippen molar-refractivity contribution in [3.63, 3.8) is 0 Å². The Kier molecular flexibility index (Phi) is 3.26. The lowest BCUT2D eigenvalue weighted by atomic mass is 10.1. The molecule has 0 radical (unpaired) electrons. The van der Waals surface area contributed by atoms with E-state index in [4.69, 9.17) is 4.74 Å². The molecule has 15 heavy (non-hydrogen) atoms. The smallest absolute Gasteiger partial charge is 0.324 e. The number of nitrogens with zero attached hydrogens (tertiary/aromatic N) is 2. The molecule has 86 valence electrons. The summed E-state index contributed by atoms with van der Waals surface area (Å²) in [7, 11) is 1.48. The van der Waals surface area contributed by atoms with Gasteiger partial charge in [0, 0.05) is 25.7 Å². The highest BCUT2D eigenvalue weighted by atomic mass is 16.5. The van der Waals surface area contributed by atoms with E-state index in [1.165, 1.54) is 20.0 Å². The van der Waals surface area contributed by atoms with E-state index in [1.54, 1.807) is 0 Å². The Hall–Kier alpha value is -0.610. The minimum atomic E-state index is -0.0694. The fraction of sp³-hybridized carbons (Fsp3) is 0.909. The van der Waals surface area contributed by atoms with Gasteiger partial charge in [0.25, 0.3) is 0 Å². The average Bonchev–Trinajstić information content (AvgIpc) is 3.11. The second-order valence-electron chi connectivity index (χ2n) is 4.40. The Morgan fingerprint density at radius 1 is 1.40 bits per heavy atom. The lowest BCUT2D eigenvalue weighted by Gasteiger charge is -2.39. The summed E-state index contributed by atoms with van der Waals surface area (Å²) in [6.07, 6.45) is 2.50. The molecule has 2 rings (SSSR count). The molecular weight excluding hydrogens is 192 g/mol. The van der Waals surface area contributed by atoms with Crippen LogP contribution in [0.1, 0.15) is 19.8 Å². The van der Waals surface area contributed by atoms with Crippen LogP contribution in [0, 0.1) is 0 Å². The molecule has 2 aliphatic rings. The van der Waals surface area contributed by atoms with Crippen molar-refractivity contribution in [2.24, 2.45) is 0 Å². The van der Waals surface area contributed by atoms with Crippen molar-refractivity contribution in [2.45, 2.75) is 31.8 Å². The van der Waals surface area contributed by atoms with Gasteiger partial charge in [-0.25, -0.2) is 0 Å². The largest absolute Gasteiger partial charge is 0.468 e. The van der Waals surface area contributed by atoms with Crippen molar-refractivity contribution in [1.82, 2.24) is 9.80 Å². The zero-order valence-corrected chi connectivity index (χ0v) is 9.61.